The fraction of sp³-hybridized carbons (Fsp3) is 0.560. The Kier molecular flexibility index (Phi) is 6.47. The van der Waals surface area contributed by atoms with Crippen LogP contribution in [-0.2, 0) is 14.3 Å². The Hall–Kier alpha value is -2.87. The minimum absolute atomic E-state index is 0.0368. The van der Waals surface area contributed by atoms with E-state index in [2.05, 4.69) is 25.2 Å². The van der Waals surface area contributed by atoms with Crippen LogP contribution in [0.5, 0.6) is 0 Å². The van der Waals surface area contributed by atoms with Gasteiger partial charge in [0.05, 0.1) is 37.1 Å². The zero-order chi connectivity index (χ0) is 23.9. The van der Waals surface area contributed by atoms with E-state index in [1.807, 2.05) is 26.0 Å². The molecule has 3 heterocycles. The van der Waals surface area contributed by atoms with Gasteiger partial charge >= 0.3 is 6.03 Å². The summed E-state index contributed by atoms with van der Waals surface area (Å²) in [6, 6.07) is 4.69. The lowest BCUT2D eigenvalue weighted by atomic mass is 9.91. The number of hydrogen-bond donors (Lipinski definition) is 1. The summed E-state index contributed by atoms with van der Waals surface area (Å²) >= 11 is 0. The van der Waals surface area contributed by atoms with Gasteiger partial charge in [0, 0.05) is 20.1 Å². The topological polar surface area (TPSA) is 82.2 Å². The van der Waals surface area contributed by atoms with E-state index < -0.39 is 12.1 Å². The molecule has 1 aromatic carbocycles. The van der Waals surface area contributed by atoms with E-state index >= 15 is 0 Å². The summed E-state index contributed by atoms with van der Waals surface area (Å²) in [5, 5.41) is 3.01. The molecule has 1 saturated heterocycles. The molecule has 8 nitrogen and oxygen atoms in total. The third-order valence-corrected chi connectivity index (χ3v) is 6.80. The lowest BCUT2D eigenvalue weighted by Crippen LogP contribution is -2.53. The summed E-state index contributed by atoms with van der Waals surface area (Å²) in [4.78, 5) is 45.2. The van der Waals surface area contributed by atoms with Gasteiger partial charge in [0.25, 0.3) is 5.91 Å². The maximum Gasteiger partial charge on any atom is 0.322 e. The summed E-state index contributed by atoms with van der Waals surface area (Å²) in [5.74, 6) is 0.0253. The predicted molar refractivity (Wildman–Crippen MR) is 124 cm³/mol. The average Bonchev–Trinajstić information content (AvgIpc) is 3.12. The first-order valence-corrected chi connectivity index (χ1v) is 11.7. The van der Waals surface area contributed by atoms with E-state index in [0.717, 1.165) is 16.7 Å². The molecule has 4 amide bonds. The van der Waals surface area contributed by atoms with E-state index in [0.29, 0.717) is 44.0 Å². The molecule has 0 radical (unpaired) electrons. The highest BCUT2D eigenvalue weighted by Crippen LogP contribution is 2.38. The van der Waals surface area contributed by atoms with Crippen molar-refractivity contribution in [3.05, 3.63) is 46.2 Å². The molecule has 4 rings (SSSR count). The van der Waals surface area contributed by atoms with Crippen LogP contribution < -0.4 is 5.32 Å². The summed E-state index contributed by atoms with van der Waals surface area (Å²) in [6.07, 6.45) is 0.571. The number of carbonyl (C=O) groups is 3. The van der Waals surface area contributed by atoms with Crippen molar-refractivity contribution in [3.63, 3.8) is 0 Å². The van der Waals surface area contributed by atoms with Crippen LogP contribution in [0.3, 0.4) is 0 Å². The number of nitrogens with zero attached hydrogens (tertiary/aromatic N) is 3. The molecule has 2 atom stereocenters. The fourth-order valence-electron chi connectivity index (χ4n) is 5.03. The zero-order valence-electron chi connectivity index (χ0n) is 20.2. The Morgan fingerprint density at radius 1 is 1.18 bits per heavy atom. The Balaban J connectivity index is 1.69. The molecular weight excluding hydrogens is 420 g/mol. The molecule has 0 bridgehead atoms. The van der Waals surface area contributed by atoms with Crippen LogP contribution in [-0.4, -0.2) is 78.5 Å². The van der Waals surface area contributed by atoms with E-state index in [1.165, 1.54) is 4.90 Å². The molecule has 1 aromatic rings. The van der Waals surface area contributed by atoms with Crippen molar-refractivity contribution in [1.82, 2.24) is 20.0 Å². The largest absolute Gasteiger partial charge is 0.378 e. The highest BCUT2D eigenvalue weighted by atomic mass is 16.5. The van der Waals surface area contributed by atoms with Crippen molar-refractivity contribution in [3.8, 4) is 0 Å². The number of rotatable bonds is 5. The van der Waals surface area contributed by atoms with Gasteiger partial charge < -0.3 is 19.9 Å². The molecule has 0 spiro atoms. The molecule has 0 saturated carbocycles. The Bertz CT molecular complexity index is 996. The van der Waals surface area contributed by atoms with Gasteiger partial charge in [0.2, 0.25) is 5.91 Å². The molecular formula is C25H34N4O4. The molecule has 8 heteroatoms. The van der Waals surface area contributed by atoms with E-state index in [9.17, 15) is 14.4 Å². The van der Waals surface area contributed by atoms with Crippen molar-refractivity contribution < 1.29 is 19.1 Å². The van der Waals surface area contributed by atoms with Gasteiger partial charge in [0.1, 0.15) is 6.04 Å². The van der Waals surface area contributed by atoms with E-state index in [1.54, 1.807) is 16.8 Å². The van der Waals surface area contributed by atoms with E-state index in [4.69, 9.17) is 4.74 Å². The minimum Gasteiger partial charge on any atom is -0.378 e. The van der Waals surface area contributed by atoms with Crippen LogP contribution in [0.15, 0.2) is 29.5 Å². The monoisotopic (exact) mass is 454 g/mol. The van der Waals surface area contributed by atoms with Gasteiger partial charge in [-0.05, 0) is 37.3 Å². The quantitative estimate of drug-likeness (QED) is 0.741. The van der Waals surface area contributed by atoms with Gasteiger partial charge in [-0.15, -0.1) is 0 Å². The highest BCUT2D eigenvalue weighted by molar-refractivity contribution is 6.03. The van der Waals surface area contributed by atoms with Crippen molar-refractivity contribution >= 4 is 17.8 Å². The van der Waals surface area contributed by atoms with Gasteiger partial charge in [-0.2, -0.15) is 0 Å². The van der Waals surface area contributed by atoms with Gasteiger partial charge in [-0.1, -0.05) is 37.6 Å². The predicted octanol–water partition coefficient (Wildman–Crippen LogP) is 2.37. The number of benzene rings is 1. The summed E-state index contributed by atoms with van der Waals surface area (Å²) in [7, 11) is 1.68. The number of carbonyl (C=O) groups excluding carboxylic acids is 3. The third-order valence-electron chi connectivity index (χ3n) is 6.80. The number of amides is 4. The van der Waals surface area contributed by atoms with Crippen LogP contribution in [0, 0.1) is 19.8 Å². The molecule has 0 aliphatic carbocycles. The van der Waals surface area contributed by atoms with Crippen molar-refractivity contribution in [1.29, 1.82) is 0 Å². The second-order valence-corrected chi connectivity index (χ2v) is 9.68. The van der Waals surface area contributed by atoms with Crippen LogP contribution in [0.4, 0.5) is 4.79 Å². The molecule has 3 aliphatic rings. The number of morpholine rings is 1. The second kappa shape index (κ2) is 9.17. The maximum atomic E-state index is 13.9. The molecule has 178 valence electrons. The Morgan fingerprint density at radius 3 is 2.52 bits per heavy atom. The number of urea groups is 1. The summed E-state index contributed by atoms with van der Waals surface area (Å²) in [5.41, 5.74) is 4.29. The Morgan fingerprint density at radius 2 is 1.88 bits per heavy atom. The van der Waals surface area contributed by atoms with Gasteiger partial charge in [0.15, 0.2) is 0 Å². The fourth-order valence-corrected chi connectivity index (χ4v) is 5.03. The summed E-state index contributed by atoms with van der Waals surface area (Å²) < 4.78 is 5.41. The number of hydrogen-bond acceptors (Lipinski definition) is 4. The van der Waals surface area contributed by atoms with Crippen molar-refractivity contribution in [2.24, 2.45) is 5.92 Å². The SMILES string of the molecule is Cc1ccc(C2NC(=O)N(C)C3=C2C(=O)N(C(CC(C)C)C(=O)N2CCOCC2)C3)c(C)c1. The van der Waals surface area contributed by atoms with E-state index in [-0.39, 0.29) is 30.3 Å². The third kappa shape index (κ3) is 4.36. The standard InChI is InChI=1S/C25H34N4O4/c1-15(2)12-19(23(30)28-8-10-33-11-9-28)29-14-20-21(24(29)31)22(26-25(32)27(20)5)18-7-6-16(3)13-17(18)4/h6-7,13,15,19,22H,8-12,14H2,1-5H3,(H,26,32). The first-order chi connectivity index (χ1) is 15.7. The first kappa shape index (κ1) is 23.3. The van der Waals surface area contributed by atoms with Gasteiger partial charge in [-0.25, -0.2) is 4.79 Å². The average molecular weight is 455 g/mol. The second-order valence-electron chi connectivity index (χ2n) is 9.68. The number of likely N-dealkylation sites (N-methyl/N-ethyl adjacent to an activating group) is 1. The van der Waals surface area contributed by atoms with Crippen LogP contribution in [0.25, 0.3) is 0 Å². The lowest BCUT2D eigenvalue weighted by Gasteiger charge is -2.35. The zero-order valence-corrected chi connectivity index (χ0v) is 20.2. The lowest BCUT2D eigenvalue weighted by molar-refractivity contribution is -0.146. The van der Waals surface area contributed by atoms with Crippen molar-refractivity contribution in [2.45, 2.75) is 46.2 Å². The number of ether oxygens (including phenoxy) is 1. The molecule has 1 fully saturated rings. The normalized spacial score (nSPS) is 22.1. The van der Waals surface area contributed by atoms with Crippen molar-refractivity contribution in [2.75, 3.05) is 39.9 Å². The minimum atomic E-state index is -0.565. The molecule has 3 aliphatic heterocycles. The summed E-state index contributed by atoms with van der Waals surface area (Å²) in [6.45, 7) is 10.5. The molecule has 0 aromatic heterocycles. The maximum absolute atomic E-state index is 13.9. The first-order valence-electron chi connectivity index (χ1n) is 11.7. The Labute approximate surface area is 195 Å². The van der Waals surface area contributed by atoms with Crippen LogP contribution in [0.2, 0.25) is 0 Å². The molecule has 2 unspecified atom stereocenters. The highest BCUT2D eigenvalue weighted by Gasteiger charge is 2.47. The molecule has 33 heavy (non-hydrogen) atoms. The smallest absolute Gasteiger partial charge is 0.322 e. The molecule has 1 N–H and O–H groups in total. The number of nitrogens with one attached hydrogen (secondary N) is 1. The van der Waals surface area contributed by atoms with Crippen LogP contribution in [0.1, 0.15) is 43.0 Å². The van der Waals surface area contributed by atoms with Crippen LogP contribution >= 0.6 is 0 Å². The number of aryl methyl sites for hydroxylation is 2. The van der Waals surface area contributed by atoms with Gasteiger partial charge in [-0.3, -0.25) is 14.5 Å².